The minimum Gasteiger partial charge on any atom is -0.462 e. The van der Waals surface area contributed by atoms with Crippen molar-refractivity contribution in [2.75, 3.05) is 13.2 Å². The van der Waals surface area contributed by atoms with E-state index in [1.807, 2.05) is 16.7 Å². The predicted octanol–water partition coefficient (Wildman–Crippen LogP) is 3.36. The number of carbonyl (C=O) groups is 1. The first-order chi connectivity index (χ1) is 11.4. The molecule has 1 aromatic heterocycles. The number of esters is 1. The highest BCUT2D eigenvalue weighted by molar-refractivity contribution is 14.1. The number of fused-ring (bicyclic) bond motifs is 1. The summed E-state index contributed by atoms with van der Waals surface area (Å²) >= 11 is 2.13. The fraction of sp³-hybridized carbons (Fsp3) is 0.444. The van der Waals surface area contributed by atoms with Crippen LogP contribution in [0.3, 0.4) is 0 Å². The first-order valence-electron chi connectivity index (χ1n) is 8.01. The molecule has 5 nitrogen and oxygen atoms in total. The number of hydrogen-bond donors (Lipinski definition) is 1. The first kappa shape index (κ1) is 18.9. The van der Waals surface area contributed by atoms with Crippen LogP contribution in [0.5, 0.6) is 0 Å². The highest BCUT2D eigenvalue weighted by Gasteiger charge is 2.20. The quantitative estimate of drug-likeness (QED) is 0.549. The second kappa shape index (κ2) is 8.11. The van der Waals surface area contributed by atoms with E-state index in [1.165, 1.54) is 6.20 Å². The van der Waals surface area contributed by atoms with Crippen LogP contribution in [0.4, 0.5) is 0 Å². The minimum atomic E-state index is -0.627. The average molecular weight is 443 g/mol. The fourth-order valence-electron chi connectivity index (χ4n) is 2.80. The van der Waals surface area contributed by atoms with Crippen LogP contribution in [0.2, 0.25) is 0 Å². The zero-order chi connectivity index (χ0) is 17.9. The number of aliphatic hydroxyl groups excluding tert-OH is 1. The number of aromatic nitrogens is 1. The first-order valence-corrected chi connectivity index (χ1v) is 9.09. The number of nitrogens with zero attached hydrogens (tertiary/aromatic N) is 1. The Labute approximate surface area is 154 Å². The van der Waals surface area contributed by atoms with E-state index in [1.54, 1.807) is 13.0 Å². The summed E-state index contributed by atoms with van der Waals surface area (Å²) in [6.45, 7) is 5.99. The van der Waals surface area contributed by atoms with Crippen LogP contribution in [-0.2, 0) is 4.74 Å². The van der Waals surface area contributed by atoms with E-state index in [0.717, 1.165) is 9.99 Å². The van der Waals surface area contributed by atoms with E-state index in [0.29, 0.717) is 16.8 Å². The van der Waals surface area contributed by atoms with Gasteiger partial charge in [-0.1, -0.05) is 13.8 Å². The normalized spacial score (nSPS) is 12.6. The summed E-state index contributed by atoms with van der Waals surface area (Å²) in [7, 11) is 0. The van der Waals surface area contributed by atoms with E-state index in [9.17, 15) is 14.7 Å². The molecular formula is C18H22INO4. The molecular weight excluding hydrogens is 421 g/mol. The Morgan fingerprint density at radius 1 is 1.38 bits per heavy atom. The van der Waals surface area contributed by atoms with Gasteiger partial charge in [0.1, 0.15) is 5.56 Å². The lowest BCUT2D eigenvalue weighted by atomic mass is 10.0. The molecule has 0 spiro atoms. The lowest BCUT2D eigenvalue weighted by molar-refractivity contribution is 0.0523. The molecule has 0 bridgehead atoms. The van der Waals surface area contributed by atoms with Gasteiger partial charge in [-0.05, 0) is 60.1 Å². The van der Waals surface area contributed by atoms with Crippen LogP contribution in [-0.4, -0.2) is 28.9 Å². The van der Waals surface area contributed by atoms with Gasteiger partial charge in [0.25, 0.3) is 0 Å². The number of halogens is 1. The Morgan fingerprint density at radius 3 is 2.67 bits per heavy atom. The number of hydrogen-bond acceptors (Lipinski definition) is 4. The second-order valence-corrected chi connectivity index (χ2v) is 7.37. The highest BCUT2D eigenvalue weighted by Crippen LogP contribution is 2.24. The highest BCUT2D eigenvalue weighted by atomic mass is 127. The van der Waals surface area contributed by atoms with Crippen molar-refractivity contribution in [1.82, 2.24) is 4.57 Å². The van der Waals surface area contributed by atoms with Crippen LogP contribution in [0, 0.1) is 9.49 Å². The van der Waals surface area contributed by atoms with Gasteiger partial charge in [0, 0.05) is 15.2 Å². The molecule has 1 N–H and O–H groups in total. The van der Waals surface area contributed by atoms with E-state index < -0.39 is 5.97 Å². The van der Waals surface area contributed by atoms with Gasteiger partial charge in [0.15, 0.2) is 0 Å². The van der Waals surface area contributed by atoms with Gasteiger partial charge in [-0.3, -0.25) is 4.79 Å². The molecule has 0 fully saturated rings. The topological polar surface area (TPSA) is 68.5 Å². The molecule has 0 saturated carbocycles. The van der Waals surface area contributed by atoms with Gasteiger partial charge in [0.2, 0.25) is 5.43 Å². The van der Waals surface area contributed by atoms with Crippen molar-refractivity contribution in [3.8, 4) is 0 Å². The van der Waals surface area contributed by atoms with E-state index in [2.05, 4.69) is 36.4 Å². The van der Waals surface area contributed by atoms with Crippen LogP contribution in [0.15, 0.2) is 29.2 Å². The molecule has 6 heteroatoms. The van der Waals surface area contributed by atoms with Gasteiger partial charge in [-0.15, -0.1) is 0 Å². The van der Waals surface area contributed by atoms with Crippen molar-refractivity contribution >= 4 is 39.5 Å². The van der Waals surface area contributed by atoms with Gasteiger partial charge in [-0.25, -0.2) is 4.79 Å². The molecule has 0 amide bonds. The summed E-state index contributed by atoms with van der Waals surface area (Å²) in [6.07, 6.45) is 2.27. The monoisotopic (exact) mass is 443 g/mol. The number of aliphatic hydroxyl groups is 1. The van der Waals surface area contributed by atoms with Gasteiger partial charge in [-0.2, -0.15) is 0 Å². The van der Waals surface area contributed by atoms with Crippen LogP contribution in [0.1, 0.15) is 43.6 Å². The van der Waals surface area contributed by atoms with Crippen molar-refractivity contribution in [1.29, 1.82) is 0 Å². The standard InChI is InChI=1S/C18H22INO4/c1-4-24-18(23)15-9-20(13(10-21)7-11(2)3)16-6-5-12(19)8-14(16)17(15)22/h5-6,8-9,11,13,21H,4,7,10H2,1-3H3/t13-/m1/s1. The third-order valence-corrected chi connectivity index (χ3v) is 4.51. The third-order valence-electron chi connectivity index (χ3n) is 3.84. The van der Waals surface area contributed by atoms with Gasteiger partial charge >= 0.3 is 5.97 Å². The molecule has 0 aliphatic rings. The Hall–Kier alpha value is -1.41. The third kappa shape index (κ3) is 3.97. The predicted molar refractivity (Wildman–Crippen MR) is 102 cm³/mol. The van der Waals surface area contributed by atoms with Crippen LogP contribution < -0.4 is 5.43 Å². The average Bonchev–Trinajstić information content (AvgIpc) is 2.53. The summed E-state index contributed by atoms with van der Waals surface area (Å²) in [4.78, 5) is 24.9. The zero-order valence-electron chi connectivity index (χ0n) is 14.1. The Morgan fingerprint density at radius 2 is 2.08 bits per heavy atom. The number of ether oxygens (including phenoxy) is 1. The molecule has 0 aliphatic carbocycles. The van der Waals surface area contributed by atoms with Crippen molar-refractivity contribution in [3.63, 3.8) is 0 Å². The zero-order valence-corrected chi connectivity index (χ0v) is 16.2. The maximum absolute atomic E-state index is 12.7. The summed E-state index contributed by atoms with van der Waals surface area (Å²) < 4.78 is 7.76. The lowest BCUT2D eigenvalue weighted by Crippen LogP contribution is -2.24. The molecule has 130 valence electrons. The van der Waals surface area contributed by atoms with E-state index in [-0.39, 0.29) is 30.2 Å². The molecule has 1 atom stereocenters. The number of rotatable bonds is 6. The molecule has 2 aromatic rings. The molecule has 24 heavy (non-hydrogen) atoms. The van der Waals surface area contributed by atoms with Gasteiger partial charge < -0.3 is 14.4 Å². The molecule has 0 aliphatic heterocycles. The molecule has 1 heterocycles. The minimum absolute atomic E-state index is 0.00792. The van der Waals surface area contributed by atoms with Crippen molar-refractivity contribution in [2.45, 2.75) is 33.2 Å². The van der Waals surface area contributed by atoms with Crippen molar-refractivity contribution in [3.05, 3.63) is 43.8 Å². The van der Waals surface area contributed by atoms with Gasteiger partial charge in [0.05, 0.1) is 24.8 Å². The fourth-order valence-corrected chi connectivity index (χ4v) is 3.30. The summed E-state index contributed by atoms with van der Waals surface area (Å²) in [5.41, 5.74) is 0.390. The lowest BCUT2D eigenvalue weighted by Gasteiger charge is -2.23. The smallest absolute Gasteiger partial charge is 0.343 e. The summed E-state index contributed by atoms with van der Waals surface area (Å²) in [6, 6.07) is 5.33. The summed E-state index contributed by atoms with van der Waals surface area (Å²) in [5.74, 6) is -0.259. The summed E-state index contributed by atoms with van der Waals surface area (Å²) in [5, 5.41) is 10.3. The maximum Gasteiger partial charge on any atom is 0.343 e. The molecule has 0 radical (unpaired) electrons. The molecule has 0 unspecified atom stereocenters. The van der Waals surface area contributed by atoms with Crippen LogP contribution >= 0.6 is 22.6 Å². The largest absolute Gasteiger partial charge is 0.462 e. The second-order valence-electron chi connectivity index (χ2n) is 6.13. The SMILES string of the molecule is CCOC(=O)c1cn([C@@H](CO)CC(C)C)c2ccc(I)cc2c1=O. The van der Waals surface area contributed by atoms with Crippen molar-refractivity contribution < 1.29 is 14.6 Å². The Kier molecular flexibility index (Phi) is 6.40. The number of pyridine rings is 1. The molecule has 0 saturated heterocycles. The van der Waals surface area contributed by atoms with E-state index >= 15 is 0 Å². The van der Waals surface area contributed by atoms with E-state index in [4.69, 9.17) is 4.74 Å². The van der Waals surface area contributed by atoms with Crippen LogP contribution in [0.25, 0.3) is 10.9 Å². The number of carbonyl (C=O) groups excluding carboxylic acids is 1. The van der Waals surface area contributed by atoms with Crippen molar-refractivity contribution in [2.24, 2.45) is 5.92 Å². The Balaban J connectivity index is 2.74. The molecule has 1 aromatic carbocycles. The number of benzene rings is 1. The Bertz CT molecular complexity index is 797. The maximum atomic E-state index is 12.7. The molecule has 2 rings (SSSR count).